The van der Waals surface area contributed by atoms with E-state index in [1.165, 1.54) is 22.8 Å². The van der Waals surface area contributed by atoms with Crippen molar-refractivity contribution in [3.05, 3.63) is 123 Å². The van der Waals surface area contributed by atoms with E-state index in [1.54, 1.807) is 44.2 Å². The van der Waals surface area contributed by atoms with Crippen LogP contribution in [0.4, 0.5) is 0 Å². The van der Waals surface area contributed by atoms with Crippen LogP contribution in [-0.2, 0) is 69.5 Å². The van der Waals surface area contributed by atoms with Crippen molar-refractivity contribution in [3.63, 3.8) is 0 Å². The first-order valence-electron chi connectivity index (χ1n) is 18.4. The Hall–Kier alpha value is -5.13. The van der Waals surface area contributed by atoms with Gasteiger partial charge in [-0.05, 0) is 53.8 Å². The predicted molar refractivity (Wildman–Crippen MR) is 201 cm³/mol. The van der Waals surface area contributed by atoms with Crippen LogP contribution in [-0.4, -0.2) is 55.1 Å². The zero-order valence-electron chi connectivity index (χ0n) is 31.2. The van der Waals surface area contributed by atoms with Crippen LogP contribution in [0.15, 0.2) is 94.6 Å². The molecular formula is C42H43N3O9S. The van der Waals surface area contributed by atoms with Gasteiger partial charge >= 0.3 is 11.9 Å². The third-order valence-electron chi connectivity index (χ3n) is 10.7. The van der Waals surface area contributed by atoms with Crippen molar-refractivity contribution in [2.24, 2.45) is 5.41 Å². The van der Waals surface area contributed by atoms with Gasteiger partial charge in [0.2, 0.25) is 21.4 Å². The summed E-state index contributed by atoms with van der Waals surface area (Å²) in [6, 6.07) is 25.1. The second kappa shape index (κ2) is 14.5. The third-order valence-corrected chi connectivity index (χ3v) is 12.6. The van der Waals surface area contributed by atoms with E-state index in [-0.39, 0.29) is 60.5 Å². The van der Waals surface area contributed by atoms with E-state index in [1.807, 2.05) is 56.3 Å². The fourth-order valence-corrected chi connectivity index (χ4v) is 9.19. The van der Waals surface area contributed by atoms with Crippen LogP contribution in [0.5, 0.6) is 0 Å². The van der Waals surface area contributed by atoms with Crippen molar-refractivity contribution in [1.29, 1.82) is 5.26 Å². The number of nitrogens with zero attached hydrogens (tertiary/aromatic N) is 3. The average molecular weight is 766 g/mol. The molecule has 1 aromatic heterocycles. The molecule has 55 heavy (non-hydrogen) atoms. The molecule has 0 radical (unpaired) electrons. The SMILES string of the molecule is CCOC(=O)[C@@](CC)(OC(=O)[C@H]1Cc2ccccc2CN1S(=O)(=O)c1ccc(-c2ccccc2)cc1)c1cc2n(c(=O)c1C#N)CCC21OCC(C)(C)CO1. The molecule has 0 saturated carbocycles. The van der Waals surface area contributed by atoms with Crippen molar-refractivity contribution < 1.29 is 37.0 Å². The molecule has 3 aliphatic rings. The summed E-state index contributed by atoms with van der Waals surface area (Å²) in [5.41, 5.74) is -0.431. The van der Waals surface area contributed by atoms with Gasteiger partial charge in [0.05, 0.1) is 30.4 Å². The highest BCUT2D eigenvalue weighted by Gasteiger charge is 2.53. The monoisotopic (exact) mass is 765 g/mol. The van der Waals surface area contributed by atoms with Crippen LogP contribution in [0.2, 0.25) is 0 Å². The summed E-state index contributed by atoms with van der Waals surface area (Å²) < 4.78 is 55.8. The lowest BCUT2D eigenvalue weighted by atomic mass is 9.86. The Balaban J connectivity index is 1.31. The van der Waals surface area contributed by atoms with Gasteiger partial charge in [-0.1, -0.05) is 87.5 Å². The maximum Gasteiger partial charge on any atom is 0.355 e. The zero-order valence-corrected chi connectivity index (χ0v) is 32.1. The molecule has 12 nitrogen and oxygen atoms in total. The van der Waals surface area contributed by atoms with Gasteiger partial charge < -0.3 is 23.5 Å². The van der Waals surface area contributed by atoms with Crippen molar-refractivity contribution in [2.45, 2.75) is 82.4 Å². The molecule has 1 saturated heterocycles. The maximum atomic E-state index is 14.7. The van der Waals surface area contributed by atoms with E-state index >= 15 is 0 Å². The molecular weight excluding hydrogens is 723 g/mol. The fourth-order valence-electron chi connectivity index (χ4n) is 7.64. The Labute approximate surface area is 320 Å². The molecule has 2 atom stereocenters. The van der Waals surface area contributed by atoms with Gasteiger partial charge in [-0.2, -0.15) is 9.57 Å². The molecule has 286 valence electrons. The topological polar surface area (TPSA) is 154 Å². The third kappa shape index (κ3) is 6.67. The number of aromatic nitrogens is 1. The normalized spacial score (nSPS) is 19.7. The Morgan fingerprint density at radius 2 is 1.58 bits per heavy atom. The molecule has 1 fully saturated rings. The Morgan fingerprint density at radius 1 is 0.945 bits per heavy atom. The van der Waals surface area contributed by atoms with Crippen LogP contribution in [0.3, 0.4) is 0 Å². The summed E-state index contributed by atoms with van der Waals surface area (Å²) >= 11 is 0. The molecule has 0 amide bonds. The number of rotatable bonds is 9. The molecule has 13 heteroatoms. The largest absolute Gasteiger partial charge is 0.463 e. The van der Waals surface area contributed by atoms with Crippen molar-refractivity contribution >= 4 is 22.0 Å². The highest BCUT2D eigenvalue weighted by atomic mass is 32.2. The number of ether oxygens (including phenoxy) is 4. The summed E-state index contributed by atoms with van der Waals surface area (Å²) in [4.78, 5) is 42.9. The van der Waals surface area contributed by atoms with Gasteiger partial charge in [0.25, 0.3) is 5.56 Å². The minimum atomic E-state index is -4.33. The molecule has 0 aliphatic carbocycles. The lowest BCUT2D eigenvalue weighted by Crippen LogP contribution is -2.53. The maximum absolute atomic E-state index is 14.7. The van der Waals surface area contributed by atoms with Gasteiger partial charge in [0.1, 0.15) is 17.7 Å². The summed E-state index contributed by atoms with van der Waals surface area (Å²) in [6.07, 6.45) is -0.0169. The van der Waals surface area contributed by atoms with Crippen molar-refractivity contribution in [3.8, 4) is 17.2 Å². The second-order valence-corrected chi connectivity index (χ2v) is 16.8. The summed E-state index contributed by atoms with van der Waals surface area (Å²) in [6.45, 7) is 7.72. The molecule has 3 aromatic carbocycles. The molecule has 4 heterocycles. The molecule has 1 spiro atoms. The minimum absolute atomic E-state index is 0.0316. The fraction of sp³-hybridized carbons (Fsp3) is 0.381. The van der Waals surface area contributed by atoms with Gasteiger partial charge in [-0.25, -0.2) is 13.2 Å². The average Bonchev–Trinajstić information content (AvgIpc) is 3.56. The molecule has 4 aromatic rings. The van der Waals surface area contributed by atoms with Crippen LogP contribution in [0, 0.1) is 16.7 Å². The number of esters is 2. The number of fused-ring (bicyclic) bond motifs is 3. The number of pyridine rings is 1. The standard InChI is InChI=1S/C42H43N3O9S/c1-5-41(39(48)51-6-2,34-23-36-42(52-26-40(3,4)27-53-42)20-21-44(36)37(46)33(34)24-43)54-38(47)35-22-30-14-10-11-15-31(30)25-45(35)55(49,50)32-18-16-29(17-19-32)28-12-8-7-9-13-28/h7-19,23,35H,5-6,20-22,25-27H2,1-4H3/t35-,41+/m1/s1. The van der Waals surface area contributed by atoms with Gasteiger partial charge in [-0.3, -0.25) is 9.59 Å². The summed E-state index contributed by atoms with van der Waals surface area (Å²) in [5, 5.41) is 10.4. The van der Waals surface area contributed by atoms with E-state index < -0.39 is 50.5 Å². The van der Waals surface area contributed by atoms with E-state index in [4.69, 9.17) is 18.9 Å². The van der Waals surface area contributed by atoms with E-state index in [0.717, 1.165) is 21.0 Å². The van der Waals surface area contributed by atoms with E-state index in [0.29, 0.717) is 18.8 Å². The van der Waals surface area contributed by atoms with E-state index in [9.17, 15) is 28.1 Å². The summed E-state index contributed by atoms with van der Waals surface area (Å²) in [7, 11) is -4.33. The lowest BCUT2D eigenvalue weighted by molar-refractivity contribution is -0.306. The first kappa shape index (κ1) is 38.2. The quantitative estimate of drug-likeness (QED) is 0.198. The van der Waals surface area contributed by atoms with Crippen LogP contribution in [0.25, 0.3) is 11.1 Å². The van der Waals surface area contributed by atoms with Gasteiger partial charge in [0, 0.05) is 36.9 Å². The molecule has 0 bridgehead atoms. The number of sulfonamides is 1. The minimum Gasteiger partial charge on any atom is -0.463 e. The highest BCUT2D eigenvalue weighted by molar-refractivity contribution is 7.89. The number of benzene rings is 3. The predicted octanol–water partition coefficient (Wildman–Crippen LogP) is 5.54. The smallest absolute Gasteiger partial charge is 0.355 e. The molecule has 7 rings (SSSR count). The van der Waals surface area contributed by atoms with Gasteiger partial charge in [-0.15, -0.1) is 0 Å². The first-order chi connectivity index (χ1) is 26.3. The lowest BCUT2D eigenvalue weighted by Gasteiger charge is -2.41. The summed E-state index contributed by atoms with van der Waals surface area (Å²) in [5.74, 6) is -3.38. The Bertz CT molecular complexity index is 2340. The Morgan fingerprint density at radius 3 is 2.22 bits per heavy atom. The highest BCUT2D eigenvalue weighted by Crippen LogP contribution is 2.45. The molecule has 0 N–H and O–H groups in total. The number of carbonyl (C=O) groups is 2. The molecule has 0 unspecified atom stereocenters. The van der Waals surface area contributed by atoms with Crippen LogP contribution in [0.1, 0.15) is 68.5 Å². The number of hydrogen-bond donors (Lipinski definition) is 0. The zero-order chi connectivity index (χ0) is 39.2. The van der Waals surface area contributed by atoms with Crippen molar-refractivity contribution in [1.82, 2.24) is 8.87 Å². The van der Waals surface area contributed by atoms with E-state index in [2.05, 4.69) is 0 Å². The second-order valence-electron chi connectivity index (χ2n) is 14.9. The van der Waals surface area contributed by atoms with Crippen molar-refractivity contribution in [2.75, 3.05) is 19.8 Å². The number of hydrogen-bond acceptors (Lipinski definition) is 10. The van der Waals surface area contributed by atoms with Crippen LogP contribution < -0.4 is 5.56 Å². The van der Waals surface area contributed by atoms with Crippen LogP contribution >= 0.6 is 0 Å². The Kier molecular flexibility index (Phi) is 10.1. The molecule has 3 aliphatic heterocycles. The first-order valence-corrected chi connectivity index (χ1v) is 19.8. The number of carbonyl (C=O) groups excluding carboxylic acids is 2. The number of nitriles is 1. The van der Waals surface area contributed by atoms with Gasteiger partial charge in [0.15, 0.2) is 0 Å².